The van der Waals surface area contributed by atoms with Crippen molar-refractivity contribution in [1.29, 1.82) is 0 Å². The molecule has 0 aliphatic carbocycles. The van der Waals surface area contributed by atoms with Gasteiger partial charge in [0.2, 0.25) is 0 Å². The van der Waals surface area contributed by atoms with Gasteiger partial charge in [-0.2, -0.15) is 0 Å². The van der Waals surface area contributed by atoms with E-state index in [0.717, 1.165) is 19.5 Å². The molecule has 0 spiro atoms. The van der Waals surface area contributed by atoms with Crippen LogP contribution in [0, 0.1) is 5.92 Å². The molecule has 1 aliphatic rings. The molecule has 14 heavy (non-hydrogen) atoms. The van der Waals surface area contributed by atoms with Crippen LogP contribution in [0.5, 0.6) is 0 Å². The Morgan fingerprint density at radius 3 is 2.93 bits per heavy atom. The molecule has 1 N–H and O–H groups in total. The standard InChI is InChI=1S/C10H19NO3/c1-8(2)14-10(12)13-6-4-9-3-5-11-7-9/h8-9,11H,3-7H2,1-2H3. The lowest BCUT2D eigenvalue weighted by molar-refractivity contribution is 0.0319. The summed E-state index contributed by atoms with van der Waals surface area (Å²) >= 11 is 0. The molecule has 1 heterocycles. The second kappa shape index (κ2) is 5.86. The summed E-state index contributed by atoms with van der Waals surface area (Å²) in [6.07, 6.45) is 1.46. The maximum Gasteiger partial charge on any atom is 0.508 e. The third-order valence-electron chi connectivity index (χ3n) is 2.24. The molecular weight excluding hydrogens is 182 g/mol. The van der Waals surface area contributed by atoms with Gasteiger partial charge in [-0.1, -0.05) is 0 Å². The van der Waals surface area contributed by atoms with Crippen LogP contribution in [-0.2, 0) is 9.47 Å². The Balaban J connectivity index is 1.99. The van der Waals surface area contributed by atoms with Gasteiger partial charge in [-0.15, -0.1) is 0 Å². The molecule has 0 amide bonds. The second-order valence-corrected chi connectivity index (χ2v) is 3.91. The number of carbonyl (C=O) groups is 1. The van der Waals surface area contributed by atoms with E-state index in [0.29, 0.717) is 12.5 Å². The Labute approximate surface area is 85.0 Å². The van der Waals surface area contributed by atoms with Gasteiger partial charge in [0.1, 0.15) is 0 Å². The van der Waals surface area contributed by atoms with Gasteiger partial charge in [0.15, 0.2) is 0 Å². The quantitative estimate of drug-likeness (QED) is 0.701. The number of hydrogen-bond donors (Lipinski definition) is 1. The largest absolute Gasteiger partial charge is 0.508 e. The highest BCUT2D eigenvalue weighted by molar-refractivity contribution is 5.59. The number of hydrogen-bond acceptors (Lipinski definition) is 4. The van der Waals surface area contributed by atoms with Crippen LogP contribution >= 0.6 is 0 Å². The average Bonchev–Trinajstić information content (AvgIpc) is 2.55. The summed E-state index contributed by atoms with van der Waals surface area (Å²) in [6.45, 7) is 6.21. The van der Waals surface area contributed by atoms with Crippen molar-refractivity contribution in [2.24, 2.45) is 5.92 Å². The lowest BCUT2D eigenvalue weighted by Gasteiger charge is -2.10. The smallest absolute Gasteiger partial charge is 0.434 e. The zero-order chi connectivity index (χ0) is 10.4. The van der Waals surface area contributed by atoms with Crippen molar-refractivity contribution in [3.05, 3.63) is 0 Å². The van der Waals surface area contributed by atoms with Gasteiger partial charge in [-0.3, -0.25) is 0 Å². The highest BCUT2D eigenvalue weighted by Crippen LogP contribution is 2.11. The minimum atomic E-state index is -0.550. The van der Waals surface area contributed by atoms with Crippen LogP contribution in [-0.4, -0.2) is 32.0 Å². The first-order chi connectivity index (χ1) is 6.68. The molecule has 4 heteroatoms. The van der Waals surface area contributed by atoms with Crippen LogP contribution < -0.4 is 5.32 Å². The van der Waals surface area contributed by atoms with Crippen molar-refractivity contribution < 1.29 is 14.3 Å². The summed E-state index contributed by atoms with van der Waals surface area (Å²) in [6, 6.07) is 0. The Bertz CT molecular complexity index is 176. The molecule has 0 saturated carbocycles. The van der Waals surface area contributed by atoms with Crippen molar-refractivity contribution in [3.63, 3.8) is 0 Å². The van der Waals surface area contributed by atoms with E-state index < -0.39 is 6.16 Å². The molecule has 0 aromatic rings. The zero-order valence-electron chi connectivity index (χ0n) is 8.91. The molecule has 1 atom stereocenters. The summed E-state index contributed by atoms with van der Waals surface area (Å²) in [5.41, 5.74) is 0. The van der Waals surface area contributed by atoms with Crippen LogP contribution in [0.15, 0.2) is 0 Å². The minimum absolute atomic E-state index is 0.101. The lowest BCUT2D eigenvalue weighted by Crippen LogP contribution is -2.16. The summed E-state index contributed by atoms with van der Waals surface area (Å²) in [5.74, 6) is 0.654. The van der Waals surface area contributed by atoms with E-state index >= 15 is 0 Å². The Hall–Kier alpha value is -0.770. The fourth-order valence-corrected chi connectivity index (χ4v) is 1.50. The Morgan fingerprint density at radius 2 is 2.36 bits per heavy atom. The molecule has 1 rings (SSSR count). The van der Waals surface area contributed by atoms with E-state index in [1.54, 1.807) is 0 Å². The monoisotopic (exact) mass is 201 g/mol. The second-order valence-electron chi connectivity index (χ2n) is 3.91. The molecule has 4 nitrogen and oxygen atoms in total. The van der Waals surface area contributed by atoms with Gasteiger partial charge >= 0.3 is 6.16 Å². The molecule has 0 bridgehead atoms. The summed E-state index contributed by atoms with van der Waals surface area (Å²) < 4.78 is 9.76. The Kier molecular flexibility index (Phi) is 4.73. The first kappa shape index (κ1) is 11.3. The first-order valence-corrected chi connectivity index (χ1v) is 5.22. The van der Waals surface area contributed by atoms with Gasteiger partial charge in [-0.05, 0) is 45.7 Å². The number of rotatable bonds is 4. The number of nitrogens with one attached hydrogen (secondary N) is 1. The van der Waals surface area contributed by atoms with E-state index in [9.17, 15) is 4.79 Å². The van der Waals surface area contributed by atoms with Crippen LogP contribution in [0.4, 0.5) is 4.79 Å². The molecule has 1 aliphatic heterocycles. The van der Waals surface area contributed by atoms with Crippen molar-refractivity contribution in [2.75, 3.05) is 19.7 Å². The predicted octanol–water partition coefficient (Wildman–Crippen LogP) is 1.55. The Morgan fingerprint density at radius 1 is 1.57 bits per heavy atom. The van der Waals surface area contributed by atoms with Gasteiger partial charge in [0, 0.05) is 0 Å². The SMILES string of the molecule is CC(C)OC(=O)OCCC1CCNC1. The topological polar surface area (TPSA) is 47.6 Å². The van der Waals surface area contributed by atoms with Gasteiger partial charge in [0.05, 0.1) is 12.7 Å². The summed E-state index contributed by atoms with van der Waals surface area (Å²) in [5, 5.41) is 3.27. The lowest BCUT2D eigenvalue weighted by atomic mass is 10.1. The van der Waals surface area contributed by atoms with Crippen molar-refractivity contribution >= 4 is 6.16 Å². The summed E-state index contributed by atoms with van der Waals surface area (Å²) in [4.78, 5) is 11.0. The van der Waals surface area contributed by atoms with E-state index in [2.05, 4.69) is 5.32 Å². The molecule has 1 saturated heterocycles. The molecule has 1 unspecified atom stereocenters. The zero-order valence-corrected chi connectivity index (χ0v) is 8.91. The van der Waals surface area contributed by atoms with Crippen LogP contribution in [0.25, 0.3) is 0 Å². The normalized spacial score (nSPS) is 21.2. The number of carbonyl (C=O) groups excluding carboxylic acids is 1. The average molecular weight is 201 g/mol. The fraction of sp³-hybridized carbons (Fsp3) is 0.900. The van der Waals surface area contributed by atoms with Crippen LogP contribution in [0.1, 0.15) is 26.7 Å². The minimum Gasteiger partial charge on any atom is -0.434 e. The molecule has 82 valence electrons. The number of ether oxygens (including phenoxy) is 2. The van der Waals surface area contributed by atoms with Crippen molar-refractivity contribution in [2.45, 2.75) is 32.8 Å². The van der Waals surface area contributed by atoms with Gasteiger partial charge < -0.3 is 14.8 Å². The fourth-order valence-electron chi connectivity index (χ4n) is 1.50. The highest BCUT2D eigenvalue weighted by atomic mass is 16.7. The van der Waals surface area contributed by atoms with Crippen LogP contribution in [0.2, 0.25) is 0 Å². The molecule has 0 aromatic carbocycles. The van der Waals surface area contributed by atoms with E-state index in [-0.39, 0.29) is 6.10 Å². The van der Waals surface area contributed by atoms with Gasteiger partial charge in [-0.25, -0.2) is 4.79 Å². The van der Waals surface area contributed by atoms with E-state index in [1.807, 2.05) is 13.8 Å². The van der Waals surface area contributed by atoms with Crippen LogP contribution in [0.3, 0.4) is 0 Å². The molecular formula is C10H19NO3. The maximum absolute atomic E-state index is 11.0. The third-order valence-corrected chi connectivity index (χ3v) is 2.24. The van der Waals surface area contributed by atoms with Crippen molar-refractivity contribution in [1.82, 2.24) is 5.32 Å². The maximum atomic E-state index is 11.0. The molecule has 0 radical (unpaired) electrons. The predicted molar refractivity (Wildman–Crippen MR) is 53.2 cm³/mol. The molecule has 1 fully saturated rings. The van der Waals surface area contributed by atoms with E-state index in [1.165, 1.54) is 6.42 Å². The molecule has 0 aromatic heterocycles. The summed E-state index contributed by atoms with van der Waals surface area (Å²) in [7, 11) is 0. The van der Waals surface area contributed by atoms with Gasteiger partial charge in [0.25, 0.3) is 0 Å². The third kappa shape index (κ3) is 4.46. The first-order valence-electron chi connectivity index (χ1n) is 5.22. The highest BCUT2D eigenvalue weighted by Gasteiger charge is 2.15. The van der Waals surface area contributed by atoms with Crippen molar-refractivity contribution in [3.8, 4) is 0 Å². The van der Waals surface area contributed by atoms with E-state index in [4.69, 9.17) is 9.47 Å².